The molecule has 0 amide bonds. The Morgan fingerprint density at radius 2 is 1.44 bits per heavy atom. The van der Waals surface area contributed by atoms with E-state index in [9.17, 15) is 0 Å². The fraction of sp³-hybridized carbons (Fsp3) is 0.455. The van der Waals surface area contributed by atoms with E-state index in [0.29, 0.717) is 0 Å². The van der Waals surface area contributed by atoms with Crippen LogP contribution in [-0.2, 0) is 12.8 Å². The molecule has 0 radical (unpaired) electrons. The molecule has 0 spiro atoms. The maximum absolute atomic E-state index is 6.26. The van der Waals surface area contributed by atoms with Gasteiger partial charge in [-0.25, -0.2) is 0 Å². The van der Waals surface area contributed by atoms with E-state index in [2.05, 4.69) is 43.3 Å². The van der Waals surface area contributed by atoms with Gasteiger partial charge in [-0.05, 0) is 69.6 Å². The first kappa shape index (κ1) is 19.8. The number of ether oxygens (including phenoxy) is 1. The molecule has 0 aliphatic carbocycles. The minimum absolute atomic E-state index is 0.797. The number of para-hydroxylation sites is 1. The quantitative estimate of drug-likeness (QED) is 0.482. The molecule has 3 heteroatoms. The third-order valence-electron chi connectivity index (χ3n) is 4.35. The molecule has 0 saturated heterocycles. The zero-order chi connectivity index (χ0) is 17.9. The SMILES string of the molecule is CN(C)CCCCCCOc1ccccc1CCc1ccccc1Cl. The van der Waals surface area contributed by atoms with Crippen LogP contribution in [0.3, 0.4) is 0 Å². The van der Waals surface area contributed by atoms with Crippen molar-refractivity contribution in [1.29, 1.82) is 0 Å². The van der Waals surface area contributed by atoms with Crippen molar-refractivity contribution in [3.8, 4) is 5.75 Å². The minimum atomic E-state index is 0.797. The number of halogens is 1. The Kier molecular flexibility index (Phi) is 8.85. The van der Waals surface area contributed by atoms with E-state index in [0.717, 1.165) is 36.6 Å². The standard InChI is InChI=1S/C22H30ClNO/c1-24(2)17-9-3-4-10-18-25-22-14-8-6-12-20(22)16-15-19-11-5-7-13-21(19)23/h5-8,11-14H,3-4,9-10,15-18H2,1-2H3. The first-order chi connectivity index (χ1) is 12.2. The summed E-state index contributed by atoms with van der Waals surface area (Å²) in [5.41, 5.74) is 2.45. The number of unbranched alkanes of at least 4 members (excludes halogenated alkanes) is 3. The van der Waals surface area contributed by atoms with E-state index >= 15 is 0 Å². The zero-order valence-electron chi connectivity index (χ0n) is 15.5. The highest BCUT2D eigenvalue weighted by Crippen LogP contribution is 2.23. The van der Waals surface area contributed by atoms with Crippen molar-refractivity contribution in [3.63, 3.8) is 0 Å². The molecule has 136 valence electrons. The Morgan fingerprint density at radius 1 is 0.800 bits per heavy atom. The Morgan fingerprint density at radius 3 is 2.20 bits per heavy atom. The van der Waals surface area contributed by atoms with Gasteiger partial charge in [0.15, 0.2) is 0 Å². The molecule has 2 nitrogen and oxygen atoms in total. The first-order valence-corrected chi connectivity index (χ1v) is 9.63. The van der Waals surface area contributed by atoms with Gasteiger partial charge in [-0.3, -0.25) is 0 Å². The van der Waals surface area contributed by atoms with Crippen LogP contribution in [0.5, 0.6) is 5.75 Å². The number of aryl methyl sites for hydroxylation is 2. The second-order valence-electron chi connectivity index (χ2n) is 6.77. The minimum Gasteiger partial charge on any atom is -0.493 e. The zero-order valence-corrected chi connectivity index (χ0v) is 16.3. The highest BCUT2D eigenvalue weighted by molar-refractivity contribution is 6.31. The summed E-state index contributed by atoms with van der Waals surface area (Å²) in [4.78, 5) is 2.24. The van der Waals surface area contributed by atoms with Crippen molar-refractivity contribution in [2.24, 2.45) is 0 Å². The van der Waals surface area contributed by atoms with E-state index in [-0.39, 0.29) is 0 Å². The van der Waals surface area contributed by atoms with E-state index in [1.165, 1.54) is 36.9 Å². The number of hydrogen-bond acceptors (Lipinski definition) is 2. The Hall–Kier alpha value is -1.51. The predicted octanol–water partition coefficient (Wildman–Crippen LogP) is 5.63. The van der Waals surface area contributed by atoms with Crippen LogP contribution in [0.2, 0.25) is 5.02 Å². The molecule has 0 aromatic heterocycles. The summed E-state index contributed by atoms with van der Waals surface area (Å²) in [5, 5.41) is 0.846. The van der Waals surface area contributed by atoms with Gasteiger partial charge in [0.1, 0.15) is 5.75 Å². The van der Waals surface area contributed by atoms with Crippen molar-refractivity contribution in [2.45, 2.75) is 38.5 Å². The molecule has 0 bridgehead atoms. The third kappa shape index (κ3) is 7.50. The summed E-state index contributed by atoms with van der Waals surface area (Å²) in [7, 11) is 4.26. The summed E-state index contributed by atoms with van der Waals surface area (Å²) >= 11 is 6.26. The van der Waals surface area contributed by atoms with Gasteiger partial charge >= 0.3 is 0 Å². The summed E-state index contributed by atoms with van der Waals surface area (Å²) in [6.07, 6.45) is 6.77. The molecule has 2 rings (SSSR count). The Bertz CT molecular complexity index is 627. The van der Waals surface area contributed by atoms with Crippen LogP contribution in [-0.4, -0.2) is 32.1 Å². The van der Waals surface area contributed by atoms with Crippen molar-refractivity contribution >= 4 is 11.6 Å². The van der Waals surface area contributed by atoms with Gasteiger partial charge in [0, 0.05) is 5.02 Å². The summed E-state index contributed by atoms with van der Waals surface area (Å²) in [6, 6.07) is 16.4. The molecular weight excluding hydrogens is 330 g/mol. The lowest BCUT2D eigenvalue weighted by Crippen LogP contribution is -2.12. The fourth-order valence-electron chi connectivity index (χ4n) is 2.89. The maximum atomic E-state index is 6.26. The summed E-state index contributed by atoms with van der Waals surface area (Å²) < 4.78 is 6.04. The largest absolute Gasteiger partial charge is 0.493 e. The van der Waals surface area contributed by atoms with E-state index < -0.39 is 0 Å². The maximum Gasteiger partial charge on any atom is 0.122 e. The average molecular weight is 360 g/mol. The molecule has 0 fully saturated rings. The molecule has 0 atom stereocenters. The summed E-state index contributed by atoms with van der Waals surface area (Å²) in [5.74, 6) is 1.02. The topological polar surface area (TPSA) is 12.5 Å². The number of hydrogen-bond donors (Lipinski definition) is 0. The van der Waals surface area contributed by atoms with Gasteiger partial charge in [0.05, 0.1) is 6.61 Å². The molecule has 0 aliphatic heterocycles. The fourth-order valence-corrected chi connectivity index (χ4v) is 3.12. The van der Waals surface area contributed by atoms with Gasteiger partial charge in [0.2, 0.25) is 0 Å². The van der Waals surface area contributed by atoms with Gasteiger partial charge in [0.25, 0.3) is 0 Å². The van der Waals surface area contributed by atoms with Crippen LogP contribution in [0.4, 0.5) is 0 Å². The third-order valence-corrected chi connectivity index (χ3v) is 4.72. The molecule has 0 saturated carbocycles. The molecular formula is C22H30ClNO. The smallest absolute Gasteiger partial charge is 0.122 e. The number of benzene rings is 2. The van der Waals surface area contributed by atoms with Crippen LogP contribution in [0.15, 0.2) is 48.5 Å². The first-order valence-electron chi connectivity index (χ1n) is 9.25. The lowest BCUT2D eigenvalue weighted by atomic mass is 10.0. The van der Waals surface area contributed by atoms with E-state index in [1.54, 1.807) is 0 Å². The van der Waals surface area contributed by atoms with Crippen LogP contribution < -0.4 is 4.74 Å². The van der Waals surface area contributed by atoms with Crippen molar-refractivity contribution < 1.29 is 4.74 Å². The number of rotatable bonds is 11. The van der Waals surface area contributed by atoms with Gasteiger partial charge in [-0.1, -0.05) is 60.8 Å². The van der Waals surface area contributed by atoms with Gasteiger partial charge < -0.3 is 9.64 Å². The monoisotopic (exact) mass is 359 g/mol. The normalized spacial score (nSPS) is 11.0. The lowest BCUT2D eigenvalue weighted by Gasteiger charge is -2.12. The van der Waals surface area contributed by atoms with Crippen LogP contribution in [0.25, 0.3) is 0 Å². The highest BCUT2D eigenvalue weighted by atomic mass is 35.5. The van der Waals surface area contributed by atoms with Gasteiger partial charge in [-0.2, -0.15) is 0 Å². The molecule has 2 aromatic carbocycles. The molecule has 2 aromatic rings. The van der Waals surface area contributed by atoms with E-state index in [4.69, 9.17) is 16.3 Å². The molecule has 0 aliphatic rings. The molecule has 0 unspecified atom stereocenters. The highest BCUT2D eigenvalue weighted by Gasteiger charge is 2.05. The second kappa shape index (κ2) is 11.2. The van der Waals surface area contributed by atoms with Crippen molar-refractivity contribution in [2.75, 3.05) is 27.2 Å². The average Bonchev–Trinajstić information content (AvgIpc) is 2.61. The molecule has 0 heterocycles. The van der Waals surface area contributed by atoms with Crippen LogP contribution >= 0.6 is 11.6 Å². The van der Waals surface area contributed by atoms with Gasteiger partial charge in [-0.15, -0.1) is 0 Å². The van der Waals surface area contributed by atoms with Crippen LogP contribution in [0, 0.1) is 0 Å². The Balaban J connectivity index is 1.75. The number of nitrogens with zero attached hydrogens (tertiary/aromatic N) is 1. The van der Waals surface area contributed by atoms with Crippen molar-refractivity contribution in [1.82, 2.24) is 4.90 Å². The Labute approximate surface area is 157 Å². The second-order valence-corrected chi connectivity index (χ2v) is 7.17. The van der Waals surface area contributed by atoms with E-state index in [1.807, 2.05) is 24.3 Å². The molecule has 0 N–H and O–H groups in total. The van der Waals surface area contributed by atoms with Crippen LogP contribution in [0.1, 0.15) is 36.8 Å². The molecule has 25 heavy (non-hydrogen) atoms. The summed E-state index contributed by atoms with van der Waals surface area (Å²) in [6.45, 7) is 1.97. The lowest BCUT2D eigenvalue weighted by molar-refractivity contribution is 0.299. The predicted molar refractivity (Wildman–Crippen MR) is 108 cm³/mol. The van der Waals surface area contributed by atoms with Crippen molar-refractivity contribution in [3.05, 3.63) is 64.7 Å².